The molecule has 0 aromatic heterocycles. The van der Waals surface area contributed by atoms with Gasteiger partial charge in [-0.25, -0.2) is 8.78 Å². The SMILES string of the molecule is Cc1cc(F)c(-c2cc(SCC(F)(F)F)c(C)cc2F)cc1SCC(F)(F)F. The summed E-state index contributed by atoms with van der Waals surface area (Å²) >= 11 is 0.861. The molecular weight excluding hydrogens is 432 g/mol. The van der Waals surface area contributed by atoms with Gasteiger partial charge in [-0.15, -0.1) is 23.5 Å². The summed E-state index contributed by atoms with van der Waals surface area (Å²) in [7, 11) is 0. The molecule has 0 aliphatic rings. The summed E-state index contributed by atoms with van der Waals surface area (Å²) in [6.07, 6.45) is -8.88. The van der Waals surface area contributed by atoms with E-state index in [2.05, 4.69) is 0 Å². The van der Waals surface area contributed by atoms with Crippen LogP contribution in [0, 0.1) is 25.5 Å². The highest BCUT2D eigenvalue weighted by atomic mass is 32.2. The summed E-state index contributed by atoms with van der Waals surface area (Å²) in [6, 6.07) is 4.14. The van der Waals surface area contributed by atoms with Crippen molar-refractivity contribution in [1.82, 2.24) is 0 Å². The van der Waals surface area contributed by atoms with Gasteiger partial charge in [-0.1, -0.05) is 0 Å². The fourth-order valence-electron chi connectivity index (χ4n) is 2.35. The average molecular weight is 446 g/mol. The van der Waals surface area contributed by atoms with Crippen LogP contribution in [0.2, 0.25) is 0 Å². The summed E-state index contributed by atoms with van der Waals surface area (Å²) in [5, 5.41) is 0. The third-order valence-corrected chi connectivity index (χ3v) is 6.05. The highest BCUT2D eigenvalue weighted by Gasteiger charge is 2.29. The van der Waals surface area contributed by atoms with Gasteiger partial charge in [0.2, 0.25) is 0 Å². The first kappa shape index (κ1) is 22.9. The first-order valence-corrected chi connectivity index (χ1v) is 9.74. The van der Waals surface area contributed by atoms with Gasteiger partial charge in [-0.3, -0.25) is 0 Å². The van der Waals surface area contributed by atoms with Crippen molar-refractivity contribution < 1.29 is 35.1 Å². The van der Waals surface area contributed by atoms with Crippen LogP contribution in [0.25, 0.3) is 11.1 Å². The maximum atomic E-state index is 14.4. The Hall–Kier alpha value is -1.42. The Morgan fingerprint density at radius 2 is 0.964 bits per heavy atom. The van der Waals surface area contributed by atoms with Crippen molar-refractivity contribution in [2.75, 3.05) is 11.5 Å². The number of halogens is 8. The van der Waals surface area contributed by atoms with Gasteiger partial charge in [0.05, 0.1) is 11.5 Å². The standard InChI is InChI=1S/C18H14F8S2/c1-9-3-13(19)11(5-15(9)27-7-17(21,22)23)12-6-16(10(2)4-14(12)20)28-8-18(24,25)26/h3-6H,7-8H2,1-2H3. The van der Waals surface area contributed by atoms with E-state index in [0.29, 0.717) is 23.5 Å². The molecule has 0 amide bonds. The van der Waals surface area contributed by atoms with Crippen molar-refractivity contribution in [1.29, 1.82) is 0 Å². The van der Waals surface area contributed by atoms with Gasteiger partial charge in [-0.05, 0) is 49.2 Å². The van der Waals surface area contributed by atoms with E-state index in [1.54, 1.807) is 0 Å². The van der Waals surface area contributed by atoms with Gasteiger partial charge in [0.25, 0.3) is 0 Å². The lowest BCUT2D eigenvalue weighted by Gasteiger charge is -2.15. The van der Waals surface area contributed by atoms with Gasteiger partial charge >= 0.3 is 12.4 Å². The highest BCUT2D eigenvalue weighted by Crippen LogP contribution is 2.38. The summed E-state index contributed by atoms with van der Waals surface area (Å²) < 4.78 is 104. The molecule has 0 nitrogen and oxygen atoms in total. The van der Waals surface area contributed by atoms with Crippen molar-refractivity contribution in [3.05, 3.63) is 47.0 Å². The topological polar surface area (TPSA) is 0 Å². The van der Waals surface area contributed by atoms with Crippen molar-refractivity contribution in [3.63, 3.8) is 0 Å². The average Bonchev–Trinajstić information content (AvgIpc) is 2.52. The summed E-state index contributed by atoms with van der Waals surface area (Å²) in [6.45, 7) is 2.84. The third kappa shape index (κ3) is 6.30. The molecule has 0 bridgehead atoms. The molecular formula is C18H14F8S2. The van der Waals surface area contributed by atoms with E-state index in [4.69, 9.17) is 0 Å². The van der Waals surface area contributed by atoms with Gasteiger partial charge in [-0.2, -0.15) is 26.3 Å². The number of rotatable bonds is 5. The molecule has 0 aliphatic carbocycles. The molecule has 0 radical (unpaired) electrons. The van der Waals surface area contributed by atoms with Crippen molar-refractivity contribution >= 4 is 23.5 Å². The van der Waals surface area contributed by atoms with E-state index < -0.39 is 35.5 Å². The van der Waals surface area contributed by atoms with E-state index in [-0.39, 0.29) is 32.0 Å². The summed E-state index contributed by atoms with van der Waals surface area (Å²) in [5.41, 5.74) is -0.118. The fourth-order valence-corrected chi connectivity index (χ4v) is 3.96. The number of benzene rings is 2. The Morgan fingerprint density at radius 3 is 1.25 bits per heavy atom. The molecule has 0 heterocycles. The molecule has 0 unspecified atom stereocenters. The van der Waals surface area contributed by atoms with Crippen molar-refractivity contribution in [3.8, 4) is 11.1 Å². The maximum Gasteiger partial charge on any atom is 0.398 e. The first-order valence-electron chi connectivity index (χ1n) is 7.76. The maximum absolute atomic E-state index is 14.4. The van der Waals surface area contributed by atoms with E-state index in [9.17, 15) is 35.1 Å². The minimum Gasteiger partial charge on any atom is -0.206 e. The van der Waals surface area contributed by atoms with E-state index in [1.165, 1.54) is 13.8 Å². The van der Waals surface area contributed by atoms with Crippen LogP contribution in [0.5, 0.6) is 0 Å². The predicted octanol–water partition coefficient (Wildman–Crippen LogP) is 7.56. The van der Waals surface area contributed by atoms with Gasteiger partial charge in [0.1, 0.15) is 11.6 Å². The van der Waals surface area contributed by atoms with Crippen LogP contribution in [0.3, 0.4) is 0 Å². The third-order valence-electron chi connectivity index (χ3n) is 3.60. The molecule has 28 heavy (non-hydrogen) atoms. The normalized spacial score (nSPS) is 12.5. The molecule has 154 valence electrons. The Labute approximate surface area is 164 Å². The van der Waals surface area contributed by atoms with Crippen LogP contribution < -0.4 is 0 Å². The molecule has 0 spiro atoms. The van der Waals surface area contributed by atoms with Crippen molar-refractivity contribution in [2.45, 2.75) is 36.0 Å². The monoisotopic (exact) mass is 446 g/mol. The molecule has 0 fully saturated rings. The van der Waals surface area contributed by atoms with Crippen LogP contribution >= 0.6 is 23.5 Å². The summed E-state index contributed by atoms with van der Waals surface area (Å²) in [5.74, 6) is -4.16. The quantitative estimate of drug-likeness (QED) is 0.343. The number of aryl methyl sites for hydroxylation is 2. The van der Waals surface area contributed by atoms with E-state index in [0.717, 1.165) is 24.3 Å². The molecule has 2 rings (SSSR count). The minimum absolute atomic E-state index is 0.109. The second-order valence-corrected chi connectivity index (χ2v) is 8.04. The Balaban J connectivity index is 2.45. The molecule has 0 atom stereocenters. The van der Waals surface area contributed by atoms with Crippen molar-refractivity contribution in [2.24, 2.45) is 0 Å². The highest BCUT2D eigenvalue weighted by molar-refractivity contribution is 7.99. The summed E-state index contributed by atoms with van der Waals surface area (Å²) in [4.78, 5) is 0.219. The molecule has 0 N–H and O–H groups in total. The second-order valence-electron chi connectivity index (χ2n) is 6.00. The van der Waals surface area contributed by atoms with E-state index >= 15 is 0 Å². The van der Waals surface area contributed by atoms with Crippen LogP contribution in [0.1, 0.15) is 11.1 Å². The smallest absolute Gasteiger partial charge is 0.206 e. The molecule has 0 saturated heterocycles. The zero-order valence-corrected chi connectivity index (χ0v) is 16.2. The van der Waals surface area contributed by atoms with Gasteiger partial charge in [0.15, 0.2) is 0 Å². The molecule has 10 heteroatoms. The van der Waals surface area contributed by atoms with Crippen LogP contribution in [0.4, 0.5) is 35.1 Å². The lowest BCUT2D eigenvalue weighted by atomic mass is 10.0. The van der Waals surface area contributed by atoms with E-state index in [1.807, 2.05) is 0 Å². The molecule has 0 aliphatic heterocycles. The minimum atomic E-state index is -4.44. The van der Waals surface area contributed by atoms with Crippen LogP contribution in [-0.2, 0) is 0 Å². The van der Waals surface area contributed by atoms with Crippen LogP contribution in [-0.4, -0.2) is 23.9 Å². The second kappa shape index (κ2) is 8.52. The lowest BCUT2D eigenvalue weighted by molar-refractivity contribution is -0.106. The molecule has 2 aromatic rings. The lowest BCUT2D eigenvalue weighted by Crippen LogP contribution is -2.11. The number of hydrogen-bond donors (Lipinski definition) is 0. The Bertz CT molecular complexity index is 785. The Kier molecular flexibility index (Phi) is 6.96. The number of thioether (sulfide) groups is 2. The zero-order valence-electron chi connectivity index (χ0n) is 14.6. The molecule has 2 aromatic carbocycles. The first-order chi connectivity index (χ1) is 12.8. The zero-order chi connectivity index (χ0) is 21.3. The predicted molar refractivity (Wildman–Crippen MR) is 94.8 cm³/mol. The van der Waals surface area contributed by atoms with Gasteiger partial charge in [0, 0.05) is 20.9 Å². The molecule has 0 saturated carbocycles. The Morgan fingerprint density at radius 1 is 0.643 bits per heavy atom. The van der Waals surface area contributed by atoms with Crippen LogP contribution in [0.15, 0.2) is 34.1 Å². The number of alkyl halides is 6. The largest absolute Gasteiger partial charge is 0.398 e. The fraction of sp³-hybridized carbons (Fsp3) is 0.333. The number of hydrogen-bond acceptors (Lipinski definition) is 2. The van der Waals surface area contributed by atoms with Gasteiger partial charge < -0.3 is 0 Å².